The number of nitrogens with zero attached hydrogens (tertiary/aromatic N) is 1. The predicted molar refractivity (Wildman–Crippen MR) is 66.8 cm³/mol. The Morgan fingerprint density at radius 1 is 1.28 bits per heavy atom. The summed E-state index contributed by atoms with van der Waals surface area (Å²) in [7, 11) is 0. The van der Waals surface area contributed by atoms with Crippen molar-refractivity contribution in [1.29, 1.82) is 0 Å². The molecule has 0 atom stereocenters. The Kier molecular flexibility index (Phi) is 3.04. The van der Waals surface area contributed by atoms with Crippen LogP contribution in [0.2, 0.25) is 0 Å². The molecule has 2 amide bonds. The molecule has 0 saturated carbocycles. The fourth-order valence-corrected chi connectivity index (χ4v) is 1.99. The normalized spacial score (nSPS) is 13.7. The third-order valence-electron chi connectivity index (χ3n) is 2.55. The van der Waals surface area contributed by atoms with Gasteiger partial charge in [0.25, 0.3) is 11.8 Å². The Labute approximate surface area is 111 Å². The van der Waals surface area contributed by atoms with E-state index in [4.69, 9.17) is 5.11 Å². The molecule has 92 valence electrons. The van der Waals surface area contributed by atoms with Crippen LogP contribution >= 0.6 is 15.9 Å². The van der Waals surface area contributed by atoms with Crippen LogP contribution in [0.25, 0.3) is 0 Å². The van der Waals surface area contributed by atoms with Crippen molar-refractivity contribution in [3.63, 3.8) is 0 Å². The zero-order valence-corrected chi connectivity index (χ0v) is 10.7. The van der Waals surface area contributed by atoms with Gasteiger partial charge in [0.15, 0.2) is 0 Å². The van der Waals surface area contributed by atoms with Gasteiger partial charge >= 0.3 is 5.97 Å². The number of fused-ring (bicyclic) bond motifs is 1. The number of halogens is 1. The number of benzene rings is 1. The molecule has 0 fully saturated rings. The molecule has 5 nitrogen and oxygen atoms in total. The average molecular weight is 310 g/mol. The van der Waals surface area contributed by atoms with Crippen LogP contribution in [0.4, 0.5) is 0 Å². The van der Waals surface area contributed by atoms with Gasteiger partial charge in [0, 0.05) is 4.48 Å². The smallest absolute Gasteiger partial charge is 0.335 e. The number of carboxylic acids is 1. The molecule has 1 aromatic rings. The summed E-state index contributed by atoms with van der Waals surface area (Å²) in [6.07, 6.45) is 0. The molecular weight excluding hydrogens is 302 g/mol. The van der Waals surface area contributed by atoms with Crippen molar-refractivity contribution in [3.05, 3.63) is 46.0 Å². The third-order valence-corrected chi connectivity index (χ3v) is 2.80. The van der Waals surface area contributed by atoms with E-state index in [1.165, 1.54) is 18.2 Å². The average Bonchev–Trinajstić information content (AvgIpc) is 2.53. The van der Waals surface area contributed by atoms with Crippen molar-refractivity contribution >= 4 is 33.7 Å². The van der Waals surface area contributed by atoms with E-state index in [0.717, 1.165) is 4.90 Å². The summed E-state index contributed by atoms with van der Waals surface area (Å²) in [5.41, 5.74) is 0.321. The summed E-state index contributed by atoms with van der Waals surface area (Å²) >= 11 is 3.09. The minimum atomic E-state index is -1.14. The van der Waals surface area contributed by atoms with Gasteiger partial charge in [0.05, 0.1) is 23.2 Å². The highest BCUT2D eigenvalue weighted by molar-refractivity contribution is 9.11. The largest absolute Gasteiger partial charge is 0.478 e. The second-order valence-corrected chi connectivity index (χ2v) is 4.90. The highest BCUT2D eigenvalue weighted by Crippen LogP contribution is 2.25. The summed E-state index contributed by atoms with van der Waals surface area (Å²) in [4.78, 5) is 35.7. The summed E-state index contributed by atoms with van der Waals surface area (Å²) in [5, 5.41) is 8.85. The number of hydrogen-bond acceptors (Lipinski definition) is 3. The first kappa shape index (κ1) is 12.5. The van der Waals surface area contributed by atoms with E-state index in [1.807, 2.05) is 0 Å². The lowest BCUT2D eigenvalue weighted by Gasteiger charge is -2.11. The van der Waals surface area contributed by atoms with E-state index < -0.39 is 17.8 Å². The lowest BCUT2D eigenvalue weighted by Crippen LogP contribution is -2.30. The van der Waals surface area contributed by atoms with Crippen LogP contribution in [0.3, 0.4) is 0 Å². The maximum atomic E-state index is 12.0. The molecule has 2 rings (SSSR count). The SMILES string of the molecule is C=C(Br)CN1C(=O)c2ccc(C(=O)O)cc2C1=O. The Morgan fingerprint density at radius 3 is 2.44 bits per heavy atom. The first-order valence-electron chi connectivity index (χ1n) is 4.98. The van der Waals surface area contributed by atoms with Gasteiger partial charge in [0.1, 0.15) is 0 Å². The van der Waals surface area contributed by atoms with Crippen LogP contribution in [-0.2, 0) is 0 Å². The number of rotatable bonds is 3. The number of hydrogen-bond donors (Lipinski definition) is 1. The Hall–Kier alpha value is -1.95. The van der Waals surface area contributed by atoms with Crippen molar-refractivity contribution < 1.29 is 19.5 Å². The molecule has 1 aliphatic rings. The van der Waals surface area contributed by atoms with Crippen molar-refractivity contribution in [2.45, 2.75) is 0 Å². The van der Waals surface area contributed by atoms with Gasteiger partial charge in [-0.15, -0.1) is 0 Å². The van der Waals surface area contributed by atoms with Gasteiger partial charge in [-0.1, -0.05) is 22.5 Å². The van der Waals surface area contributed by atoms with E-state index in [2.05, 4.69) is 22.5 Å². The van der Waals surface area contributed by atoms with Crippen LogP contribution in [-0.4, -0.2) is 34.3 Å². The van der Waals surface area contributed by atoms with Gasteiger partial charge in [-0.2, -0.15) is 0 Å². The van der Waals surface area contributed by atoms with E-state index in [0.29, 0.717) is 4.48 Å². The molecule has 0 spiro atoms. The maximum Gasteiger partial charge on any atom is 0.335 e. The monoisotopic (exact) mass is 309 g/mol. The second kappa shape index (κ2) is 4.38. The van der Waals surface area contributed by atoms with Crippen LogP contribution in [0.5, 0.6) is 0 Å². The molecular formula is C12H8BrNO4. The minimum absolute atomic E-state index is 0.0191. The van der Waals surface area contributed by atoms with Gasteiger partial charge < -0.3 is 5.11 Å². The predicted octanol–water partition coefficient (Wildman–Crippen LogP) is 1.89. The third kappa shape index (κ3) is 1.95. The van der Waals surface area contributed by atoms with E-state index in [9.17, 15) is 14.4 Å². The number of imide groups is 1. The maximum absolute atomic E-state index is 12.0. The fourth-order valence-electron chi connectivity index (χ4n) is 1.74. The van der Waals surface area contributed by atoms with Gasteiger partial charge in [-0.25, -0.2) is 4.79 Å². The van der Waals surface area contributed by atoms with E-state index in [-0.39, 0.29) is 23.2 Å². The topological polar surface area (TPSA) is 74.7 Å². The quantitative estimate of drug-likeness (QED) is 0.865. The molecule has 0 aromatic heterocycles. The summed E-state index contributed by atoms with van der Waals surface area (Å²) < 4.78 is 0.496. The van der Waals surface area contributed by atoms with Crippen LogP contribution in [0, 0.1) is 0 Å². The standard InChI is InChI=1S/C12H8BrNO4/c1-6(13)5-14-10(15)8-3-2-7(12(17)18)4-9(8)11(14)16/h2-4H,1,5H2,(H,17,18). The summed E-state index contributed by atoms with van der Waals surface area (Å²) in [6.45, 7) is 3.64. The summed E-state index contributed by atoms with van der Waals surface area (Å²) in [6, 6.07) is 3.88. The van der Waals surface area contributed by atoms with Crippen LogP contribution in [0.1, 0.15) is 31.1 Å². The number of carbonyl (C=O) groups is 3. The molecule has 0 bridgehead atoms. The first-order valence-corrected chi connectivity index (χ1v) is 5.78. The summed E-state index contributed by atoms with van der Waals surface area (Å²) in [5.74, 6) is -2.08. The Bertz CT molecular complexity index is 594. The van der Waals surface area contributed by atoms with Crippen molar-refractivity contribution in [1.82, 2.24) is 4.90 Å². The molecule has 18 heavy (non-hydrogen) atoms. The molecule has 1 aliphatic heterocycles. The van der Waals surface area contributed by atoms with Gasteiger partial charge in [0.2, 0.25) is 0 Å². The molecule has 0 saturated heterocycles. The molecule has 1 heterocycles. The zero-order valence-electron chi connectivity index (χ0n) is 9.14. The number of carboxylic acid groups (broad SMARTS) is 1. The number of carbonyl (C=O) groups excluding carboxylic acids is 2. The molecule has 0 aliphatic carbocycles. The highest BCUT2D eigenvalue weighted by atomic mass is 79.9. The molecule has 1 N–H and O–H groups in total. The van der Waals surface area contributed by atoms with Crippen LogP contribution < -0.4 is 0 Å². The van der Waals surface area contributed by atoms with Crippen molar-refractivity contribution in [2.75, 3.05) is 6.54 Å². The fraction of sp³-hybridized carbons (Fsp3) is 0.0833. The minimum Gasteiger partial charge on any atom is -0.478 e. The highest BCUT2D eigenvalue weighted by Gasteiger charge is 2.35. The number of aromatic carboxylic acids is 1. The molecule has 0 radical (unpaired) electrons. The first-order chi connectivity index (χ1) is 8.41. The zero-order chi connectivity index (χ0) is 13.4. The second-order valence-electron chi connectivity index (χ2n) is 3.78. The molecule has 1 aromatic carbocycles. The van der Waals surface area contributed by atoms with Crippen molar-refractivity contribution in [2.24, 2.45) is 0 Å². The lowest BCUT2D eigenvalue weighted by molar-refractivity contribution is 0.0668. The Morgan fingerprint density at radius 2 is 1.89 bits per heavy atom. The van der Waals surface area contributed by atoms with Gasteiger partial charge in [-0.3, -0.25) is 14.5 Å². The van der Waals surface area contributed by atoms with E-state index in [1.54, 1.807) is 0 Å². The number of amides is 2. The van der Waals surface area contributed by atoms with Crippen LogP contribution in [0.15, 0.2) is 29.3 Å². The van der Waals surface area contributed by atoms with Crippen molar-refractivity contribution in [3.8, 4) is 0 Å². The van der Waals surface area contributed by atoms with E-state index >= 15 is 0 Å². The molecule has 0 unspecified atom stereocenters. The lowest BCUT2D eigenvalue weighted by atomic mass is 10.1. The Balaban J connectivity index is 2.45. The van der Waals surface area contributed by atoms with Gasteiger partial charge in [-0.05, 0) is 18.2 Å². The molecule has 6 heteroatoms.